The Labute approximate surface area is 127 Å². The van der Waals surface area contributed by atoms with Gasteiger partial charge in [-0.25, -0.2) is 9.59 Å². The van der Waals surface area contributed by atoms with Crippen LogP contribution in [0, 0.1) is 0 Å². The van der Waals surface area contributed by atoms with Crippen LogP contribution in [-0.4, -0.2) is 31.1 Å². The Morgan fingerprint density at radius 1 is 1.18 bits per heavy atom. The van der Waals surface area contributed by atoms with E-state index in [1.54, 1.807) is 25.1 Å². The average molecular weight is 304 g/mol. The molecular weight excluding hydrogens is 288 g/mol. The van der Waals surface area contributed by atoms with Crippen molar-refractivity contribution in [3.05, 3.63) is 41.6 Å². The number of esters is 1. The minimum atomic E-state index is -0.515. The van der Waals surface area contributed by atoms with Crippen LogP contribution in [0.5, 0.6) is 5.75 Å². The van der Waals surface area contributed by atoms with Gasteiger partial charge in [-0.1, -0.05) is 18.2 Å². The Morgan fingerprint density at radius 3 is 2.50 bits per heavy atom. The van der Waals surface area contributed by atoms with Gasteiger partial charge in [0.05, 0.1) is 6.61 Å². The Hall–Kier alpha value is -2.83. The number of nitrogens with one attached hydrogen (secondary N) is 2. The normalized spacial score (nSPS) is 15.4. The number of amides is 3. The molecular formula is C15H16N2O5. The second kappa shape index (κ2) is 7.26. The molecule has 2 N–H and O–H groups in total. The number of rotatable bonds is 6. The van der Waals surface area contributed by atoms with Crippen molar-refractivity contribution in [3.8, 4) is 5.75 Å². The summed E-state index contributed by atoms with van der Waals surface area (Å²) >= 11 is 0. The maximum atomic E-state index is 11.3. The number of imide groups is 1. The van der Waals surface area contributed by atoms with Crippen LogP contribution in [0.2, 0.25) is 0 Å². The molecule has 1 fully saturated rings. The van der Waals surface area contributed by atoms with Crippen molar-refractivity contribution in [2.75, 3.05) is 13.2 Å². The molecule has 0 atom stereocenters. The zero-order valence-electron chi connectivity index (χ0n) is 12.0. The summed E-state index contributed by atoms with van der Waals surface area (Å²) in [5.74, 6) is -0.296. The lowest BCUT2D eigenvalue weighted by Crippen LogP contribution is -2.22. The number of carbonyl (C=O) groups is 3. The van der Waals surface area contributed by atoms with E-state index in [2.05, 4.69) is 10.6 Å². The fraction of sp³-hybridized carbons (Fsp3) is 0.267. The predicted molar refractivity (Wildman–Crippen MR) is 77.0 cm³/mol. The summed E-state index contributed by atoms with van der Waals surface area (Å²) in [6.45, 7) is 1.91. The van der Waals surface area contributed by atoms with E-state index in [4.69, 9.17) is 9.47 Å². The third-order valence-corrected chi connectivity index (χ3v) is 2.85. The van der Waals surface area contributed by atoms with Crippen LogP contribution in [-0.2, 0) is 20.7 Å². The quantitative estimate of drug-likeness (QED) is 0.462. The van der Waals surface area contributed by atoms with Crippen molar-refractivity contribution < 1.29 is 23.9 Å². The van der Waals surface area contributed by atoms with Crippen molar-refractivity contribution in [1.29, 1.82) is 0 Å². The molecule has 1 aliphatic rings. The lowest BCUT2D eigenvalue weighted by atomic mass is 10.1. The summed E-state index contributed by atoms with van der Waals surface area (Å²) < 4.78 is 10.0. The van der Waals surface area contributed by atoms with Gasteiger partial charge in [0.2, 0.25) is 0 Å². The average Bonchev–Trinajstić information content (AvgIpc) is 2.82. The van der Waals surface area contributed by atoms with Crippen molar-refractivity contribution in [3.63, 3.8) is 0 Å². The van der Waals surface area contributed by atoms with Crippen LogP contribution in [0.3, 0.4) is 0 Å². The zero-order chi connectivity index (χ0) is 15.9. The molecule has 0 spiro atoms. The fourth-order valence-corrected chi connectivity index (χ4v) is 1.81. The topological polar surface area (TPSA) is 93.7 Å². The molecule has 1 aromatic rings. The number of hydrogen-bond donors (Lipinski definition) is 2. The van der Waals surface area contributed by atoms with E-state index in [9.17, 15) is 14.4 Å². The highest BCUT2D eigenvalue weighted by Crippen LogP contribution is 2.13. The van der Waals surface area contributed by atoms with Gasteiger partial charge in [0.15, 0.2) is 6.61 Å². The van der Waals surface area contributed by atoms with E-state index in [1.807, 2.05) is 12.1 Å². The monoisotopic (exact) mass is 304 g/mol. The van der Waals surface area contributed by atoms with Gasteiger partial charge in [0, 0.05) is 0 Å². The predicted octanol–water partition coefficient (Wildman–Crippen LogP) is 0.894. The Balaban J connectivity index is 1.87. The third kappa shape index (κ3) is 4.34. The number of carbonyl (C=O) groups excluding carboxylic acids is 3. The smallest absolute Gasteiger partial charge is 0.344 e. The van der Waals surface area contributed by atoms with Crippen molar-refractivity contribution in [1.82, 2.24) is 10.6 Å². The summed E-state index contributed by atoms with van der Waals surface area (Å²) in [6, 6.07) is 6.55. The summed E-state index contributed by atoms with van der Waals surface area (Å²) in [7, 11) is 0. The fourth-order valence-electron chi connectivity index (χ4n) is 1.81. The molecule has 0 radical (unpaired) electrons. The highest BCUT2D eigenvalue weighted by Gasteiger charge is 2.22. The first-order valence-electron chi connectivity index (χ1n) is 6.78. The SMILES string of the molecule is CCOC(=O)COc1ccc(C/C=C2\NC(=O)NC2=O)cc1. The van der Waals surface area contributed by atoms with Crippen LogP contribution in [0.4, 0.5) is 4.79 Å². The molecule has 1 aliphatic heterocycles. The van der Waals surface area contributed by atoms with E-state index in [-0.39, 0.29) is 12.3 Å². The lowest BCUT2D eigenvalue weighted by molar-refractivity contribution is -0.145. The molecule has 0 aliphatic carbocycles. The zero-order valence-corrected chi connectivity index (χ0v) is 12.0. The highest BCUT2D eigenvalue weighted by molar-refractivity contribution is 6.11. The molecule has 3 amide bonds. The van der Waals surface area contributed by atoms with E-state index >= 15 is 0 Å². The minimum absolute atomic E-state index is 0.135. The van der Waals surface area contributed by atoms with E-state index in [0.717, 1.165) is 5.56 Å². The van der Waals surface area contributed by atoms with Crippen LogP contribution < -0.4 is 15.4 Å². The second-order valence-electron chi connectivity index (χ2n) is 4.47. The standard InChI is InChI=1S/C15H16N2O5/c1-2-21-13(18)9-22-11-6-3-10(4-7-11)5-8-12-14(19)17-15(20)16-12/h3-4,6-8H,2,5,9H2,1H3,(H2,16,17,19,20)/b12-8-. The molecule has 7 nitrogen and oxygen atoms in total. The molecule has 0 unspecified atom stereocenters. The Kier molecular flexibility index (Phi) is 5.13. The maximum absolute atomic E-state index is 11.3. The van der Waals surface area contributed by atoms with Gasteiger partial charge in [0.1, 0.15) is 11.4 Å². The number of urea groups is 1. The summed E-state index contributed by atoms with van der Waals surface area (Å²) in [5, 5.41) is 4.54. The van der Waals surface area contributed by atoms with E-state index in [0.29, 0.717) is 18.8 Å². The van der Waals surface area contributed by atoms with Crippen molar-refractivity contribution >= 4 is 17.9 Å². The van der Waals surface area contributed by atoms with Crippen LogP contribution in [0.1, 0.15) is 12.5 Å². The molecule has 0 saturated carbocycles. The minimum Gasteiger partial charge on any atom is -0.482 e. The highest BCUT2D eigenvalue weighted by atomic mass is 16.6. The number of ether oxygens (including phenoxy) is 2. The van der Waals surface area contributed by atoms with Crippen LogP contribution in [0.25, 0.3) is 0 Å². The molecule has 116 valence electrons. The molecule has 22 heavy (non-hydrogen) atoms. The third-order valence-electron chi connectivity index (χ3n) is 2.85. The molecule has 0 bridgehead atoms. The summed E-state index contributed by atoms with van der Waals surface area (Å²) in [5.41, 5.74) is 1.18. The number of benzene rings is 1. The number of allylic oxidation sites excluding steroid dienone is 1. The molecule has 1 aromatic carbocycles. The molecule has 7 heteroatoms. The van der Waals surface area contributed by atoms with E-state index < -0.39 is 17.9 Å². The Bertz CT molecular complexity index is 607. The summed E-state index contributed by atoms with van der Waals surface area (Å²) in [6.07, 6.45) is 2.12. The largest absolute Gasteiger partial charge is 0.482 e. The first-order valence-corrected chi connectivity index (χ1v) is 6.78. The molecule has 0 aromatic heterocycles. The summed E-state index contributed by atoms with van der Waals surface area (Å²) in [4.78, 5) is 33.5. The first-order chi connectivity index (χ1) is 10.6. The maximum Gasteiger partial charge on any atom is 0.344 e. The molecule has 2 rings (SSSR count). The lowest BCUT2D eigenvalue weighted by Gasteiger charge is -2.06. The van der Waals surface area contributed by atoms with E-state index in [1.165, 1.54) is 0 Å². The van der Waals surface area contributed by atoms with Gasteiger partial charge in [-0.15, -0.1) is 0 Å². The van der Waals surface area contributed by atoms with Gasteiger partial charge >= 0.3 is 12.0 Å². The Morgan fingerprint density at radius 2 is 1.91 bits per heavy atom. The van der Waals surface area contributed by atoms with Gasteiger partial charge < -0.3 is 14.8 Å². The van der Waals surface area contributed by atoms with Gasteiger partial charge in [-0.2, -0.15) is 0 Å². The molecule has 1 heterocycles. The van der Waals surface area contributed by atoms with Crippen molar-refractivity contribution in [2.24, 2.45) is 0 Å². The van der Waals surface area contributed by atoms with Gasteiger partial charge in [0.25, 0.3) is 5.91 Å². The van der Waals surface area contributed by atoms with Gasteiger partial charge in [-0.3, -0.25) is 10.1 Å². The number of hydrogen-bond acceptors (Lipinski definition) is 5. The molecule has 1 saturated heterocycles. The second-order valence-corrected chi connectivity index (χ2v) is 4.47. The van der Waals surface area contributed by atoms with Gasteiger partial charge in [-0.05, 0) is 31.0 Å². The van der Waals surface area contributed by atoms with Crippen LogP contribution in [0.15, 0.2) is 36.0 Å². The first kappa shape index (κ1) is 15.6. The van der Waals surface area contributed by atoms with Crippen LogP contribution >= 0.6 is 0 Å². The van der Waals surface area contributed by atoms with Crippen molar-refractivity contribution in [2.45, 2.75) is 13.3 Å².